The molecule has 2 N–H and O–H groups in total. The highest BCUT2D eigenvalue weighted by molar-refractivity contribution is 9.10. The van der Waals surface area contributed by atoms with Gasteiger partial charge in [0.05, 0.1) is 11.2 Å². The van der Waals surface area contributed by atoms with Crippen LogP contribution in [0.2, 0.25) is 0 Å². The highest BCUT2D eigenvalue weighted by Gasteiger charge is 2.23. The molecule has 0 bridgehead atoms. The van der Waals surface area contributed by atoms with Crippen molar-refractivity contribution in [3.05, 3.63) is 64.1 Å². The Morgan fingerprint density at radius 3 is 2.87 bits per heavy atom. The van der Waals surface area contributed by atoms with Crippen molar-refractivity contribution in [1.82, 2.24) is 14.8 Å². The first-order valence-corrected chi connectivity index (χ1v) is 10.5. The number of nitrogens with zero attached hydrogens (tertiary/aromatic N) is 3. The lowest BCUT2D eigenvalue weighted by molar-refractivity contribution is -0.0391. The van der Waals surface area contributed by atoms with Crippen LogP contribution >= 0.6 is 15.9 Å². The van der Waals surface area contributed by atoms with Crippen LogP contribution in [0.3, 0.4) is 0 Å². The average Bonchev–Trinajstić information content (AvgIpc) is 3.23. The number of fused-ring (bicyclic) bond motifs is 2. The quantitative estimate of drug-likeness (QED) is 0.337. The molecule has 1 fully saturated rings. The van der Waals surface area contributed by atoms with Gasteiger partial charge < -0.3 is 10.5 Å². The number of pyridine rings is 1. The average molecular weight is 469 g/mol. The molecule has 2 aromatic carbocycles. The Kier molecular flexibility index (Phi) is 4.75. The third-order valence-corrected chi connectivity index (χ3v) is 6.07. The van der Waals surface area contributed by atoms with Gasteiger partial charge in [-0.05, 0) is 65.5 Å². The lowest BCUT2D eigenvalue weighted by Crippen LogP contribution is -2.18. The zero-order valence-electron chi connectivity index (χ0n) is 15.9. The Morgan fingerprint density at radius 2 is 2.07 bits per heavy atom. The summed E-state index contributed by atoms with van der Waals surface area (Å²) in [6.45, 7) is 0.644. The number of aromatic nitrogens is 3. The van der Waals surface area contributed by atoms with Gasteiger partial charge in [-0.3, -0.25) is 9.78 Å². The molecule has 0 spiro atoms. The monoisotopic (exact) mass is 468 g/mol. The summed E-state index contributed by atoms with van der Waals surface area (Å²) in [5.74, 6) is -0.777. The summed E-state index contributed by atoms with van der Waals surface area (Å²) in [6, 6.07) is 8.00. The topological polar surface area (TPSA) is 83.0 Å². The molecule has 1 aliphatic heterocycles. The van der Waals surface area contributed by atoms with Crippen LogP contribution in [-0.4, -0.2) is 27.2 Å². The molecule has 1 unspecified atom stereocenters. The predicted octanol–water partition coefficient (Wildman–Crippen LogP) is 5.00. The van der Waals surface area contributed by atoms with Crippen LogP contribution < -0.4 is 5.73 Å². The highest BCUT2D eigenvalue weighted by atomic mass is 79.9. The molecule has 1 atom stereocenters. The summed E-state index contributed by atoms with van der Waals surface area (Å²) >= 11 is 3.48. The second-order valence-corrected chi connectivity index (χ2v) is 8.19. The Hall–Kier alpha value is -2.84. The Morgan fingerprint density at radius 1 is 1.20 bits per heavy atom. The zero-order chi connectivity index (χ0) is 20.8. The Balaban J connectivity index is 1.65. The van der Waals surface area contributed by atoms with Crippen molar-refractivity contribution in [3.63, 3.8) is 0 Å². The van der Waals surface area contributed by atoms with E-state index >= 15 is 0 Å². The van der Waals surface area contributed by atoms with E-state index in [1.54, 1.807) is 29.2 Å². The maximum atomic E-state index is 14.5. The van der Waals surface area contributed by atoms with Gasteiger partial charge in [0.2, 0.25) is 0 Å². The minimum absolute atomic E-state index is 0.148. The normalized spacial score (nSPS) is 16.9. The summed E-state index contributed by atoms with van der Waals surface area (Å²) in [7, 11) is 0. The molecule has 152 valence electrons. The molecule has 0 saturated carbocycles. The van der Waals surface area contributed by atoms with Crippen molar-refractivity contribution in [3.8, 4) is 0 Å². The number of ether oxygens (including phenoxy) is 1. The number of carbonyl (C=O) groups is 1. The fourth-order valence-corrected chi connectivity index (χ4v) is 4.48. The van der Waals surface area contributed by atoms with Crippen molar-refractivity contribution in [1.29, 1.82) is 0 Å². The summed E-state index contributed by atoms with van der Waals surface area (Å²) in [5, 5.41) is 5.50. The fraction of sp³-hybridized carbons (Fsp3) is 0.227. The largest absolute Gasteiger partial charge is 0.398 e. The van der Waals surface area contributed by atoms with Gasteiger partial charge in [0.1, 0.15) is 11.7 Å². The molecule has 0 aliphatic carbocycles. The second-order valence-electron chi connectivity index (χ2n) is 7.34. The van der Waals surface area contributed by atoms with Gasteiger partial charge in [-0.1, -0.05) is 0 Å². The molecule has 1 aliphatic rings. The zero-order valence-corrected chi connectivity index (χ0v) is 17.5. The molecule has 0 radical (unpaired) electrons. The predicted molar refractivity (Wildman–Crippen MR) is 116 cm³/mol. The molecule has 2 aromatic heterocycles. The Bertz CT molecular complexity index is 1300. The first-order chi connectivity index (χ1) is 14.5. The number of rotatable bonds is 3. The van der Waals surface area contributed by atoms with Gasteiger partial charge in [-0.25, -0.2) is 9.07 Å². The van der Waals surface area contributed by atoms with Crippen molar-refractivity contribution in [2.24, 2.45) is 0 Å². The molecule has 0 amide bonds. The molecule has 8 heteroatoms. The Labute approximate surface area is 180 Å². The molecular formula is C22H18BrFN4O2. The summed E-state index contributed by atoms with van der Waals surface area (Å²) in [5.41, 5.74) is 8.17. The number of benzene rings is 2. The summed E-state index contributed by atoms with van der Waals surface area (Å²) < 4.78 is 22.5. The van der Waals surface area contributed by atoms with E-state index in [9.17, 15) is 9.18 Å². The van der Waals surface area contributed by atoms with Crippen molar-refractivity contribution < 1.29 is 13.9 Å². The number of carbonyl (C=O) groups excluding carboxylic acids is 1. The maximum Gasteiger partial charge on any atom is 0.195 e. The van der Waals surface area contributed by atoms with Gasteiger partial charge in [-0.15, -0.1) is 0 Å². The van der Waals surface area contributed by atoms with Crippen molar-refractivity contribution in [2.45, 2.75) is 25.5 Å². The lowest BCUT2D eigenvalue weighted by Gasteiger charge is -2.22. The van der Waals surface area contributed by atoms with E-state index in [1.165, 1.54) is 12.1 Å². The van der Waals surface area contributed by atoms with E-state index in [2.05, 4.69) is 26.0 Å². The van der Waals surface area contributed by atoms with E-state index in [4.69, 9.17) is 10.5 Å². The number of nitrogen functional groups attached to an aromatic ring is 1. The number of hydrogen-bond donors (Lipinski definition) is 1. The van der Waals surface area contributed by atoms with Gasteiger partial charge in [0, 0.05) is 45.4 Å². The van der Waals surface area contributed by atoms with Crippen LogP contribution in [0.4, 0.5) is 10.1 Å². The van der Waals surface area contributed by atoms with Gasteiger partial charge in [0.15, 0.2) is 11.6 Å². The highest BCUT2D eigenvalue weighted by Crippen LogP contribution is 2.34. The maximum absolute atomic E-state index is 14.5. The third-order valence-electron chi connectivity index (χ3n) is 5.47. The number of nitrogens with two attached hydrogens (primary N) is 1. The third kappa shape index (κ3) is 3.07. The summed E-state index contributed by atoms with van der Waals surface area (Å²) in [6.07, 6.45) is 5.93. The minimum Gasteiger partial charge on any atom is -0.398 e. The number of ketones is 1. The fourth-order valence-electron chi connectivity index (χ4n) is 3.93. The number of hydrogen-bond acceptors (Lipinski definition) is 5. The number of halogens is 2. The SMILES string of the molecule is Nc1c(C(=O)c2ccc(F)c3nn(C4CCCCO4)cc23)cc(Br)c2ncccc12. The standard InChI is InChI=1S/C22H18BrFN4O2/c23-16-10-14(19(25)13-4-3-8-26-20(13)16)22(29)12-6-7-17(24)21-15(12)11-28(27-21)18-5-1-2-9-30-18/h3-4,6-8,10-11,18H,1-2,5,9,25H2. The van der Waals surface area contributed by atoms with Crippen LogP contribution in [0.15, 0.2) is 47.2 Å². The van der Waals surface area contributed by atoms with Gasteiger partial charge in [-0.2, -0.15) is 5.10 Å². The first-order valence-electron chi connectivity index (χ1n) is 9.71. The molecule has 5 rings (SSSR count). The second kappa shape index (κ2) is 7.45. The van der Waals surface area contributed by atoms with E-state index in [-0.39, 0.29) is 17.5 Å². The van der Waals surface area contributed by atoms with Crippen molar-refractivity contribution in [2.75, 3.05) is 12.3 Å². The van der Waals surface area contributed by atoms with Crippen LogP contribution in [0.1, 0.15) is 41.4 Å². The van der Waals surface area contributed by atoms with Gasteiger partial charge in [0.25, 0.3) is 0 Å². The lowest BCUT2D eigenvalue weighted by atomic mass is 9.97. The molecule has 1 saturated heterocycles. The minimum atomic E-state index is -0.479. The van der Waals surface area contributed by atoms with Crippen molar-refractivity contribution >= 4 is 49.2 Å². The first kappa shape index (κ1) is 19.1. The number of anilines is 1. The van der Waals surface area contributed by atoms with Gasteiger partial charge >= 0.3 is 0 Å². The smallest absolute Gasteiger partial charge is 0.195 e. The van der Waals surface area contributed by atoms with Crippen LogP contribution in [0.25, 0.3) is 21.8 Å². The van der Waals surface area contributed by atoms with Crippen LogP contribution in [0, 0.1) is 5.82 Å². The molecule has 4 aromatic rings. The summed E-state index contributed by atoms with van der Waals surface area (Å²) in [4.78, 5) is 17.8. The molecule has 30 heavy (non-hydrogen) atoms. The molecule has 3 heterocycles. The molecular weight excluding hydrogens is 451 g/mol. The van der Waals surface area contributed by atoms with Crippen LogP contribution in [-0.2, 0) is 4.74 Å². The van der Waals surface area contributed by atoms with E-state index in [0.717, 1.165) is 19.3 Å². The van der Waals surface area contributed by atoms with E-state index in [0.29, 0.717) is 44.2 Å². The van der Waals surface area contributed by atoms with Crippen LogP contribution in [0.5, 0.6) is 0 Å². The molecule has 6 nitrogen and oxygen atoms in total. The van der Waals surface area contributed by atoms with E-state index in [1.807, 2.05) is 6.07 Å². The van der Waals surface area contributed by atoms with E-state index < -0.39 is 5.82 Å².